The van der Waals surface area contributed by atoms with E-state index >= 15 is 0 Å². The molecule has 7 heteroatoms. The standard InChI is InChI=1S/C10H14N4O3/c1-17-10(16)6-2-4-13-9(8(6)12)14-5-3-7(11)15/h2,4H,3,5,12H2,1H3,(H2,11,15)(H,13,14). The minimum Gasteiger partial charge on any atom is -0.465 e. The van der Waals surface area contributed by atoms with Crippen LogP contribution in [0.1, 0.15) is 16.8 Å². The third kappa shape index (κ3) is 3.33. The lowest BCUT2D eigenvalue weighted by molar-refractivity contribution is -0.117. The molecule has 0 aliphatic heterocycles. The summed E-state index contributed by atoms with van der Waals surface area (Å²) in [5.74, 6) is -0.641. The van der Waals surface area contributed by atoms with Crippen molar-refractivity contribution in [1.29, 1.82) is 0 Å². The molecule has 0 atom stereocenters. The highest BCUT2D eigenvalue weighted by Gasteiger charge is 2.13. The summed E-state index contributed by atoms with van der Waals surface area (Å²) in [5, 5.41) is 2.82. The van der Waals surface area contributed by atoms with Crippen molar-refractivity contribution in [3.05, 3.63) is 17.8 Å². The summed E-state index contributed by atoms with van der Waals surface area (Å²) in [7, 11) is 1.27. The maximum atomic E-state index is 11.3. The summed E-state index contributed by atoms with van der Waals surface area (Å²) >= 11 is 0. The zero-order valence-corrected chi connectivity index (χ0v) is 9.40. The van der Waals surface area contributed by atoms with Gasteiger partial charge in [0, 0.05) is 19.2 Å². The average Bonchev–Trinajstić information content (AvgIpc) is 2.30. The van der Waals surface area contributed by atoms with Crippen LogP contribution < -0.4 is 16.8 Å². The number of nitrogens with two attached hydrogens (primary N) is 2. The van der Waals surface area contributed by atoms with Crippen molar-refractivity contribution in [2.24, 2.45) is 5.73 Å². The summed E-state index contributed by atoms with van der Waals surface area (Å²) < 4.78 is 4.57. The number of methoxy groups -OCH3 is 1. The van der Waals surface area contributed by atoms with E-state index in [1.807, 2.05) is 0 Å². The zero-order chi connectivity index (χ0) is 12.8. The summed E-state index contributed by atoms with van der Waals surface area (Å²) in [6, 6.07) is 1.46. The molecule has 92 valence electrons. The molecular weight excluding hydrogens is 224 g/mol. The van der Waals surface area contributed by atoms with Gasteiger partial charge >= 0.3 is 5.97 Å². The smallest absolute Gasteiger partial charge is 0.340 e. The Balaban J connectivity index is 2.80. The van der Waals surface area contributed by atoms with Gasteiger partial charge in [-0.2, -0.15) is 0 Å². The molecule has 0 unspecified atom stereocenters. The van der Waals surface area contributed by atoms with Crippen LogP contribution in [0.25, 0.3) is 0 Å². The Morgan fingerprint density at radius 3 is 2.82 bits per heavy atom. The van der Waals surface area contributed by atoms with Crippen molar-refractivity contribution >= 4 is 23.4 Å². The highest BCUT2D eigenvalue weighted by molar-refractivity contribution is 5.97. The second-order valence-electron chi connectivity index (χ2n) is 3.26. The SMILES string of the molecule is COC(=O)c1ccnc(NCCC(N)=O)c1N. The predicted molar refractivity (Wildman–Crippen MR) is 62.3 cm³/mol. The lowest BCUT2D eigenvalue weighted by Crippen LogP contribution is -2.17. The van der Waals surface area contributed by atoms with Crippen LogP contribution in [0, 0.1) is 0 Å². The predicted octanol–water partition coefficient (Wildman–Crippen LogP) is -0.262. The number of hydrogen-bond acceptors (Lipinski definition) is 6. The number of anilines is 2. The third-order valence-electron chi connectivity index (χ3n) is 2.06. The fraction of sp³-hybridized carbons (Fsp3) is 0.300. The van der Waals surface area contributed by atoms with Gasteiger partial charge in [0.2, 0.25) is 5.91 Å². The third-order valence-corrected chi connectivity index (χ3v) is 2.06. The average molecular weight is 238 g/mol. The van der Waals surface area contributed by atoms with Gasteiger partial charge < -0.3 is 21.5 Å². The molecule has 0 fully saturated rings. The molecule has 0 aromatic carbocycles. The lowest BCUT2D eigenvalue weighted by Gasteiger charge is -2.09. The monoisotopic (exact) mass is 238 g/mol. The number of carbonyl (C=O) groups is 2. The quantitative estimate of drug-likeness (QED) is 0.608. The molecule has 0 aliphatic carbocycles. The number of carbonyl (C=O) groups excluding carboxylic acids is 2. The van der Waals surface area contributed by atoms with Crippen LogP contribution in [0.15, 0.2) is 12.3 Å². The first-order valence-electron chi connectivity index (χ1n) is 4.91. The summed E-state index contributed by atoms with van der Waals surface area (Å²) in [4.78, 5) is 25.8. The first kappa shape index (κ1) is 12.8. The molecule has 1 amide bonds. The number of pyridine rings is 1. The summed E-state index contributed by atoms with van der Waals surface area (Å²) in [6.07, 6.45) is 1.58. The van der Waals surface area contributed by atoms with Crippen molar-refractivity contribution < 1.29 is 14.3 Å². The Bertz CT molecular complexity index is 434. The number of nitrogens with zero attached hydrogens (tertiary/aromatic N) is 1. The molecule has 5 N–H and O–H groups in total. The van der Waals surface area contributed by atoms with E-state index in [9.17, 15) is 9.59 Å². The van der Waals surface area contributed by atoms with Gasteiger partial charge in [0.15, 0.2) is 0 Å². The van der Waals surface area contributed by atoms with E-state index < -0.39 is 11.9 Å². The van der Waals surface area contributed by atoms with Crippen LogP contribution in [0.4, 0.5) is 11.5 Å². The van der Waals surface area contributed by atoms with Gasteiger partial charge in [0.1, 0.15) is 5.82 Å². The van der Waals surface area contributed by atoms with Crippen molar-refractivity contribution in [1.82, 2.24) is 4.98 Å². The maximum Gasteiger partial charge on any atom is 0.340 e. The normalized spacial score (nSPS) is 9.71. The van der Waals surface area contributed by atoms with Gasteiger partial charge in [-0.25, -0.2) is 9.78 Å². The van der Waals surface area contributed by atoms with Crippen LogP contribution in [0.5, 0.6) is 0 Å². The molecule has 0 bridgehead atoms. The van der Waals surface area contributed by atoms with Gasteiger partial charge in [-0.15, -0.1) is 0 Å². The van der Waals surface area contributed by atoms with Crippen molar-refractivity contribution in [3.63, 3.8) is 0 Å². The highest BCUT2D eigenvalue weighted by Crippen LogP contribution is 2.20. The van der Waals surface area contributed by atoms with Gasteiger partial charge in [-0.1, -0.05) is 0 Å². The lowest BCUT2D eigenvalue weighted by atomic mass is 10.2. The van der Waals surface area contributed by atoms with Crippen molar-refractivity contribution in [2.45, 2.75) is 6.42 Å². The van der Waals surface area contributed by atoms with E-state index in [-0.39, 0.29) is 17.7 Å². The molecule has 17 heavy (non-hydrogen) atoms. The number of esters is 1. The molecule has 1 aromatic heterocycles. The van der Waals surface area contributed by atoms with E-state index in [2.05, 4.69) is 15.0 Å². The van der Waals surface area contributed by atoms with E-state index in [1.165, 1.54) is 19.4 Å². The molecule has 0 saturated carbocycles. The first-order chi connectivity index (χ1) is 8.06. The van der Waals surface area contributed by atoms with E-state index in [0.717, 1.165) is 0 Å². The van der Waals surface area contributed by atoms with Gasteiger partial charge in [-0.3, -0.25) is 4.79 Å². The van der Waals surface area contributed by atoms with Gasteiger partial charge in [0.25, 0.3) is 0 Å². The molecule has 0 aliphatic rings. The van der Waals surface area contributed by atoms with Crippen LogP contribution >= 0.6 is 0 Å². The topological polar surface area (TPSA) is 120 Å². The number of aromatic nitrogens is 1. The summed E-state index contributed by atoms with van der Waals surface area (Å²) in [5.41, 5.74) is 11.1. The molecule has 1 rings (SSSR count). The van der Waals surface area contributed by atoms with Crippen LogP contribution in [0.3, 0.4) is 0 Å². The van der Waals surface area contributed by atoms with E-state index in [4.69, 9.17) is 11.5 Å². The number of rotatable bonds is 5. The number of nitrogens with one attached hydrogen (secondary N) is 1. The molecule has 0 spiro atoms. The van der Waals surface area contributed by atoms with E-state index in [0.29, 0.717) is 12.4 Å². The Labute approximate surface area is 98.1 Å². The van der Waals surface area contributed by atoms with Gasteiger partial charge in [-0.05, 0) is 6.07 Å². The van der Waals surface area contributed by atoms with Crippen LogP contribution in [0.2, 0.25) is 0 Å². The fourth-order valence-electron chi connectivity index (χ4n) is 1.21. The Kier molecular flexibility index (Phi) is 4.27. The Morgan fingerprint density at radius 1 is 1.53 bits per heavy atom. The molecule has 1 heterocycles. The van der Waals surface area contributed by atoms with Crippen LogP contribution in [-0.4, -0.2) is 30.5 Å². The van der Waals surface area contributed by atoms with E-state index in [1.54, 1.807) is 0 Å². The van der Waals surface area contributed by atoms with Gasteiger partial charge in [0.05, 0.1) is 18.4 Å². The first-order valence-corrected chi connectivity index (χ1v) is 4.91. The van der Waals surface area contributed by atoms with Crippen molar-refractivity contribution in [3.8, 4) is 0 Å². The highest BCUT2D eigenvalue weighted by atomic mass is 16.5. The Morgan fingerprint density at radius 2 is 2.24 bits per heavy atom. The van der Waals surface area contributed by atoms with Crippen molar-refractivity contribution in [2.75, 3.05) is 24.7 Å². The molecule has 0 radical (unpaired) electrons. The minimum absolute atomic E-state index is 0.156. The Hall–Kier alpha value is -2.31. The zero-order valence-electron chi connectivity index (χ0n) is 9.40. The second-order valence-corrected chi connectivity index (χ2v) is 3.26. The largest absolute Gasteiger partial charge is 0.465 e. The van der Waals surface area contributed by atoms with Crippen LogP contribution in [-0.2, 0) is 9.53 Å². The number of amides is 1. The second kappa shape index (κ2) is 5.69. The maximum absolute atomic E-state index is 11.3. The number of hydrogen-bond donors (Lipinski definition) is 3. The molecular formula is C10H14N4O3. The fourth-order valence-corrected chi connectivity index (χ4v) is 1.21. The molecule has 0 saturated heterocycles. The summed E-state index contributed by atoms with van der Waals surface area (Å²) in [6.45, 7) is 0.303. The molecule has 7 nitrogen and oxygen atoms in total. The number of nitrogen functional groups attached to an aromatic ring is 1. The minimum atomic E-state index is -0.539. The number of primary amides is 1. The molecule has 1 aromatic rings. The number of ether oxygens (including phenoxy) is 1.